The van der Waals surface area contributed by atoms with Gasteiger partial charge in [-0.1, -0.05) is 6.08 Å². The van der Waals surface area contributed by atoms with E-state index in [1.807, 2.05) is 44.5 Å². The standard InChI is InChI=1S/C18H23N7OS/c1-5-8-24-12-16(20-6-2)15(11-21-24)18(26)22-17-10-14(3)23-25(17)13-27-9-7-19-4/h5-11H,4,12-13H2,1-3H3,(H,22,26)/b8-5-,9-7-,20-6?. The lowest BCUT2D eigenvalue weighted by Crippen LogP contribution is -2.26. The van der Waals surface area contributed by atoms with E-state index in [2.05, 4.69) is 32.2 Å². The van der Waals surface area contributed by atoms with Crippen LogP contribution in [0.4, 0.5) is 5.82 Å². The van der Waals surface area contributed by atoms with E-state index >= 15 is 0 Å². The second-order valence-electron chi connectivity index (χ2n) is 5.46. The van der Waals surface area contributed by atoms with Gasteiger partial charge in [-0.05, 0) is 32.9 Å². The van der Waals surface area contributed by atoms with Crippen molar-refractivity contribution in [2.24, 2.45) is 15.1 Å². The van der Waals surface area contributed by atoms with Crippen LogP contribution in [0.25, 0.3) is 0 Å². The van der Waals surface area contributed by atoms with Crippen LogP contribution < -0.4 is 5.32 Å². The van der Waals surface area contributed by atoms with Crippen LogP contribution in [0.2, 0.25) is 0 Å². The number of aromatic nitrogens is 2. The van der Waals surface area contributed by atoms with Crippen LogP contribution in [0.3, 0.4) is 0 Å². The highest BCUT2D eigenvalue weighted by Gasteiger charge is 2.20. The summed E-state index contributed by atoms with van der Waals surface area (Å²) in [6, 6.07) is 1.82. The van der Waals surface area contributed by atoms with Crippen molar-refractivity contribution >= 4 is 42.6 Å². The molecule has 0 radical (unpaired) electrons. The molecule has 1 aromatic rings. The molecule has 0 saturated heterocycles. The molecule has 0 saturated carbocycles. The number of nitrogens with one attached hydrogen (secondary N) is 1. The molecule has 0 aromatic carbocycles. The van der Waals surface area contributed by atoms with Crippen LogP contribution in [-0.2, 0) is 10.7 Å². The topological polar surface area (TPSA) is 87.2 Å². The molecule has 142 valence electrons. The summed E-state index contributed by atoms with van der Waals surface area (Å²) in [7, 11) is 0. The highest BCUT2D eigenvalue weighted by atomic mass is 32.2. The third kappa shape index (κ3) is 5.78. The molecule has 1 aromatic heterocycles. The third-order valence-electron chi connectivity index (χ3n) is 3.41. The Morgan fingerprint density at radius 1 is 1.48 bits per heavy atom. The highest BCUT2D eigenvalue weighted by molar-refractivity contribution is 8.01. The summed E-state index contributed by atoms with van der Waals surface area (Å²) >= 11 is 1.49. The van der Waals surface area contributed by atoms with Crippen molar-refractivity contribution in [3.8, 4) is 0 Å². The van der Waals surface area contributed by atoms with Gasteiger partial charge in [0.1, 0.15) is 5.82 Å². The summed E-state index contributed by atoms with van der Waals surface area (Å²) in [5, 5.41) is 15.1. The molecule has 0 aliphatic carbocycles. The Bertz CT molecular complexity index is 833. The number of amides is 1. The molecule has 2 rings (SSSR count). The molecule has 2 heterocycles. The molecule has 0 atom stereocenters. The van der Waals surface area contributed by atoms with E-state index in [0.29, 0.717) is 29.5 Å². The number of aliphatic imine (C=N–C) groups is 2. The van der Waals surface area contributed by atoms with Crippen molar-refractivity contribution in [1.82, 2.24) is 14.8 Å². The first kappa shape index (κ1) is 20.4. The Balaban J connectivity index is 2.18. The van der Waals surface area contributed by atoms with Crippen LogP contribution in [0.15, 0.2) is 56.3 Å². The molecule has 0 spiro atoms. The van der Waals surface area contributed by atoms with E-state index < -0.39 is 0 Å². The molecule has 1 N–H and O–H groups in total. The molecule has 0 bridgehead atoms. The van der Waals surface area contributed by atoms with Gasteiger partial charge in [-0.2, -0.15) is 10.2 Å². The molecule has 1 aliphatic rings. The first-order valence-corrected chi connectivity index (χ1v) is 9.37. The summed E-state index contributed by atoms with van der Waals surface area (Å²) in [5.74, 6) is 0.882. The van der Waals surface area contributed by atoms with Gasteiger partial charge in [-0.3, -0.25) is 19.8 Å². The zero-order valence-electron chi connectivity index (χ0n) is 15.7. The minimum Gasteiger partial charge on any atom is -0.307 e. The first-order chi connectivity index (χ1) is 13.1. The van der Waals surface area contributed by atoms with Crippen molar-refractivity contribution < 1.29 is 4.79 Å². The number of anilines is 1. The number of aryl methyl sites for hydroxylation is 1. The SMILES string of the molecule is C=N/C=C\SCn1nc(C)cc1NC(=O)C1=C(N=CC)CN(/C=C\C)N=C1. The minimum atomic E-state index is -0.270. The summed E-state index contributed by atoms with van der Waals surface area (Å²) in [6.45, 7) is 9.42. The predicted molar refractivity (Wildman–Crippen MR) is 113 cm³/mol. The summed E-state index contributed by atoms with van der Waals surface area (Å²) in [6.07, 6.45) is 8.51. The first-order valence-electron chi connectivity index (χ1n) is 8.32. The molecular formula is C18H23N7OS. The maximum Gasteiger partial charge on any atom is 0.260 e. The third-order valence-corrected chi connectivity index (χ3v) is 4.12. The van der Waals surface area contributed by atoms with E-state index in [-0.39, 0.29) is 5.91 Å². The number of nitrogens with zero attached hydrogens (tertiary/aromatic N) is 6. The second-order valence-corrected chi connectivity index (χ2v) is 6.32. The van der Waals surface area contributed by atoms with Crippen LogP contribution >= 0.6 is 11.8 Å². The molecule has 9 heteroatoms. The second kappa shape index (κ2) is 10.3. The monoisotopic (exact) mass is 385 g/mol. The number of rotatable bonds is 8. The lowest BCUT2D eigenvalue weighted by Gasteiger charge is -2.20. The molecule has 27 heavy (non-hydrogen) atoms. The molecule has 0 unspecified atom stereocenters. The fourth-order valence-corrected chi connectivity index (χ4v) is 2.93. The Morgan fingerprint density at radius 2 is 2.30 bits per heavy atom. The quantitative estimate of drug-likeness (QED) is 0.696. The van der Waals surface area contributed by atoms with Gasteiger partial charge in [0.15, 0.2) is 0 Å². The normalized spacial score (nSPS) is 14.9. The van der Waals surface area contributed by atoms with E-state index in [9.17, 15) is 4.79 Å². The van der Waals surface area contributed by atoms with E-state index in [1.165, 1.54) is 18.0 Å². The van der Waals surface area contributed by atoms with E-state index in [0.717, 1.165) is 5.69 Å². The van der Waals surface area contributed by atoms with Crippen LogP contribution in [0.5, 0.6) is 0 Å². The van der Waals surface area contributed by atoms with Crippen molar-refractivity contribution in [3.05, 3.63) is 46.9 Å². The number of carbonyl (C=O) groups is 1. The van der Waals surface area contributed by atoms with Gasteiger partial charge in [0.05, 0.1) is 35.6 Å². The summed E-state index contributed by atoms with van der Waals surface area (Å²) < 4.78 is 1.72. The Morgan fingerprint density at radius 3 is 3.00 bits per heavy atom. The molecular weight excluding hydrogens is 362 g/mol. The van der Waals surface area contributed by atoms with Crippen molar-refractivity contribution in [2.75, 3.05) is 11.9 Å². The largest absolute Gasteiger partial charge is 0.307 e. The lowest BCUT2D eigenvalue weighted by molar-refractivity contribution is -0.112. The Kier molecular flexibility index (Phi) is 7.75. The number of thioether (sulfide) groups is 1. The van der Waals surface area contributed by atoms with E-state index in [1.54, 1.807) is 22.1 Å². The number of allylic oxidation sites excluding steroid dienone is 1. The smallest absolute Gasteiger partial charge is 0.260 e. The fourth-order valence-electron chi connectivity index (χ4n) is 2.33. The zero-order valence-corrected chi connectivity index (χ0v) is 16.5. The number of hydrogen-bond acceptors (Lipinski definition) is 7. The minimum absolute atomic E-state index is 0.270. The van der Waals surface area contributed by atoms with Crippen molar-refractivity contribution in [2.45, 2.75) is 26.6 Å². The van der Waals surface area contributed by atoms with Gasteiger partial charge in [0.25, 0.3) is 5.91 Å². The average Bonchev–Trinajstić information content (AvgIpc) is 2.98. The van der Waals surface area contributed by atoms with Gasteiger partial charge < -0.3 is 5.32 Å². The zero-order chi connectivity index (χ0) is 19.6. The van der Waals surface area contributed by atoms with Crippen LogP contribution in [0, 0.1) is 6.92 Å². The maximum absolute atomic E-state index is 12.8. The summed E-state index contributed by atoms with van der Waals surface area (Å²) in [5.41, 5.74) is 1.90. The van der Waals surface area contributed by atoms with E-state index in [4.69, 9.17) is 0 Å². The fraction of sp³-hybridized carbons (Fsp3) is 0.278. The predicted octanol–water partition coefficient (Wildman–Crippen LogP) is 3.17. The highest BCUT2D eigenvalue weighted by Crippen LogP contribution is 2.19. The van der Waals surface area contributed by atoms with Gasteiger partial charge in [0.2, 0.25) is 0 Å². The number of hydrogen-bond donors (Lipinski definition) is 1. The molecule has 8 nitrogen and oxygen atoms in total. The van der Waals surface area contributed by atoms with Crippen LogP contribution in [0.1, 0.15) is 19.5 Å². The Hall–Kier alpha value is -2.94. The van der Waals surface area contributed by atoms with Gasteiger partial charge in [-0.15, -0.1) is 11.8 Å². The maximum atomic E-state index is 12.8. The van der Waals surface area contributed by atoms with Gasteiger partial charge >= 0.3 is 0 Å². The Labute approximate surface area is 163 Å². The van der Waals surface area contributed by atoms with Crippen molar-refractivity contribution in [3.63, 3.8) is 0 Å². The number of hydrazone groups is 1. The number of carbonyl (C=O) groups excluding carboxylic acids is 1. The molecule has 1 aliphatic heterocycles. The van der Waals surface area contributed by atoms with Crippen molar-refractivity contribution in [1.29, 1.82) is 0 Å². The van der Waals surface area contributed by atoms with Crippen LogP contribution in [-0.4, -0.2) is 46.4 Å². The average molecular weight is 385 g/mol. The molecule has 0 fully saturated rings. The van der Waals surface area contributed by atoms with Gasteiger partial charge in [0, 0.05) is 24.7 Å². The summed E-state index contributed by atoms with van der Waals surface area (Å²) in [4.78, 5) is 20.8. The lowest BCUT2D eigenvalue weighted by atomic mass is 10.2. The molecule has 1 amide bonds. The van der Waals surface area contributed by atoms with Gasteiger partial charge in [-0.25, -0.2) is 4.68 Å².